The molecule has 8 nitrogen and oxygen atoms in total. The summed E-state index contributed by atoms with van der Waals surface area (Å²) in [7, 11) is -7.15. The molecule has 10 heteroatoms. The lowest BCUT2D eigenvalue weighted by Gasteiger charge is -2.34. The predicted octanol–water partition coefficient (Wildman–Crippen LogP) is 5.35. The van der Waals surface area contributed by atoms with Gasteiger partial charge in [-0.15, -0.1) is 0 Å². The molecule has 2 heterocycles. The molecule has 192 valence electrons. The number of carbonyl (C=O) groups excluding carboxylic acids is 1. The van der Waals surface area contributed by atoms with Crippen molar-refractivity contribution < 1.29 is 31.8 Å². The fraction of sp³-hybridized carbons (Fsp3) is 0.480. The van der Waals surface area contributed by atoms with Gasteiger partial charge >= 0.3 is 6.09 Å². The Balaban J connectivity index is 1.55. The maximum absolute atomic E-state index is 13.5. The average Bonchev–Trinajstić information content (AvgIpc) is 3.09. The molecule has 0 bridgehead atoms. The number of benzene rings is 2. The van der Waals surface area contributed by atoms with Gasteiger partial charge in [-0.2, -0.15) is 10.6 Å². The third kappa shape index (κ3) is 5.61. The molecule has 35 heavy (non-hydrogen) atoms. The number of hydrogen-bond acceptors (Lipinski definition) is 7. The highest BCUT2D eigenvalue weighted by Gasteiger charge is 2.45. The van der Waals surface area contributed by atoms with Gasteiger partial charge in [0.1, 0.15) is 16.6 Å². The topological polar surface area (TPSA) is 113 Å². The number of rotatable bonds is 5. The molecule has 2 atom stereocenters. The molecular formula is C25H33NO7S2. The van der Waals surface area contributed by atoms with Crippen LogP contribution in [0.1, 0.15) is 44.4 Å². The summed E-state index contributed by atoms with van der Waals surface area (Å²) in [5.41, 5.74) is -0.260. The van der Waals surface area contributed by atoms with E-state index in [0.29, 0.717) is 24.4 Å². The molecule has 1 saturated heterocycles. The molecule has 2 aromatic rings. The van der Waals surface area contributed by atoms with E-state index in [-0.39, 0.29) is 34.2 Å². The van der Waals surface area contributed by atoms with Gasteiger partial charge in [-0.1, -0.05) is 24.3 Å². The lowest BCUT2D eigenvalue weighted by Crippen LogP contribution is -2.44. The van der Waals surface area contributed by atoms with Crippen molar-refractivity contribution in [2.45, 2.75) is 54.3 Å². The maximum Gasteiger partial charge on any atom is 0.410 e. The van der Waals surface area contributed by atoms with Crippen molar-refractivity contribution in [3.8, 4) is 5.75 Å². The second-order valence-electron chi connectivity index (χ2n) is 10.1. The smallest absolute Gasteiger partial charge is 0.410 e. The van der Waals surface area contributed by atoms with E-state index < -0.39 is 31.3 Å². The van der Waals surface area contributed by atoms with Crippen molar-refractivity contribution in [3.63, 3.8) is 0 Å². The van der Waals surface area contributed by atoms with Crippen LogP contribution in [0.2, 0.25) is 0 Å². The summed E-state index contributed by atoms with van der Waals surface area (Å²) in [5.74, 6) is 0.0763. The first-order valence-corrected chi connectivity index (χ1v) is 14.9. The van der Waals surface area contributed by atoms with Crippen LogP contribution in [0.4, 0.5) is 4.79 Å². The molecule has 0 radical (unpaired) electrons. The average molecular weight is 524 g/mol. The summed E-state index contributed by atoms with van der Waals surface area (Å²) in [6.45, 7) is 6.85. The van der Waals surface area contributed by atoms with Gasteiger partial charge in [0.15, 0.2) is 9.84 Å². The number of amides is 1. The summed E-state index contributed by atoms with van der Waals surface area (Å²) >= 11 is 0. The quantitative estimate of drug-likeness (QED) is 0.543. The van der Waals surface area contributed by atoms with E-state index in [9.17, 15) is 22.3 Å². The molecule has 0 saturated carbocycles. The van der Waals surface area contributed by atoms with Gasteiger partial charge in [0, 0.05) is 24.6 Å². The molecule has 1 amide bonds. The standard InChI is InChI=1S/C25H33NO7S2/c1-25(2,3)33-24(27)26-14-8-9-18(15-26)16-32-20-12-7-13-21-23(20)22(17-34(21,28)29)35(30,31)19-10-5-4-6-11-19/h4-7,10-13,18,22,28-29H,8-9,14-17H2,1-3H3. The Morgan fingerprint density at radius 3 is 2.51 bits per heavy atom. The van der Waals surface area contributed by atoms with Crippen LogP contribution < -0.4 is 4.74 Å². The fourth-order valence-electron chi connectivity index (χ4n) is 4.56. The first-order chi connectivity index (χ1) is 16.4. The van der Waals surface area contributed by atoms with E-state index in [0.717, 1.165) is 12.8 Å². The first kappa shape index (κ1) is 25.8. The number of sulfone groups is 1. The third-order valence-electron chi connectivity index (χ3n) is 6.18. The molecule has 0 aromatic heterocycles. The Morgan fingerprint density at radius 1 is 1.11 bits per heavy atom. The SMILES string of the molecule is CC(C)(C)OC(=O)N1CCCC(COc2cccc3c2C(S(=O)(=O)c2ccccc2)CS3(O)O)C1. The second-order valence-corrected chi connectivity index (χ2v) is 14.3. The molecule has 4 rings (SSSR count). The summed E-state index contributed by atoms with van der Waals surface area (Å²) in [6.07, 6.45) is 1.31. The van der Waals surface area contributed by atoms with Crippen LogP contribution in [-0.4, -0.2) is 59.6 Å². The number of carbonyl (C=O) groups is 1. The minimum atomic E-state index is -3.87. The molecule has 2 unspecified atom stereocenters. The normalized spacial score (nSPS) is 22.8. The summed E-state index contributed by atoms with van der Waals surface area (Å²) in [4.78, 5) is 14.5. The van der Waals surface area contributed by atoms with Gasteiger partial charge < -0.3 is 14.4 Å². The lowest BCUT2D eigenvalue weighted by molar-refractivity contribution is 0.0139. The van der Waals surface area contributed by atoms with Crippen LogP contribution in [0.3, 0.4) is 0 Å². The number of ether oxygens (including phenoxy) is 2. The van der Waals surface area contributed by atoms with Gasteiger partial charge in [0.2, 0.25) is 0 Å². The summed E-state index contributed by atoms with van der Waals surface area (Å²) < 4.78 is 60.0. The minimum Gasteiger partial charge on any atom is -0.493 e. The number of hydrogen-bond donors (Lipinski definition) is 2. The molecule has 0 aliphatic carbocycles. The summed E-state index contributed by atoms with van der Waals surface area (Å²) in [5, 5.41) is -1.12. The largest absolute Gasteiger partial charge is 0.493 e. The Bertz CT molecular complexity index is 1180. The predicted molar refractivity (Wildman–Crippen MR) is 135 cm³/mol. The van der Waals surface area contributed by atoms with Crippen LogP contribution >= 0.6 is 10.6 Å². The van der Waals surface area contributed by atoms with Crippen LogP contribution in [0.15, 0.2) is 58.3 Å². The van der Waals surface area contributed by atoms with Crippen molar-refractivity contribution in [1.29, 1.82) is 0 Å². The van der Waals surface area contributed by atoms with Crippen molar-refractivity contribution in [3.05, 3.63) is 54.1 Å². The van der Waals surface area contributed by atoms with Crippen LogP contribution in [0, 0.1) is 5.92 Å². The van der Waals surface area contributed by atoms with Gasteiger partial charge in [-0.05, 0) is 57.9 Å². The van der Waals surface area contributed by atoms with Crippen LogP contribution in [0.5, 0.6) is 5.75 Å². The molecule has 1 fully saturated rings. The molecule has 2 aliphatic heterocycles. The van der Waals surface area contributed by atoms with Crippen molar-refractivity contribution in [2.75, 3.05) is 25.4 Å². The van der Waals surface area contributed by atoms with Gasteiger partial charge in [0.25, 0.3) is 0 Å². The fourth-order valence-corrected chi connectivity index (χ4v) is 9.00. The number of likely N-dealkylation sites (tertiary alicyclic amines) is 1. The van der Waals surface area contributed by atoms with Gasteiger partial charge in [-0.3, -0.25) is 9.11 Å². The van der Waals surface area contributed by atoms with E-state index >= 15 is 0 Å². The number of fused-ring (bicyclic) bond motifs is 1. The zero-order valence-electron chi connectivity index (χ0n) is 20.2. The Hall–Kier alpha value is -2.27. The monoisotopic (exact) mass is 523 g/mol. The summed E-state index contributed by atoms with van der Waals surface area (Å²) in [6, 6.07) is 12.9. The number of nitrogens with zero attached hydrogens (tertiary/aromatic N) is 1. The van der Waals surface area contributed by atoms with Crippen molar-refractivity contribution in [2.24, 2.45) is 5.92 Å². The zero-order valence-corrected chi connectivity index (χ0v) is 21.8. The van der Waals surface area contributed by atoms with Crippen LogP contribution in [-0.2, 0) is 14.6 Å². The zero-order chi connectivity index (χ0) is 25.4. The second kappa shape index (κ2) is 9.65. The molecular weight excluding hydrogens is 490 g/mol. The molecule has 2 aliphatic rings. The van der Waals surface area contributed by atoms with Crippen molar-refractivity contribution >= 4 is 26.5 Å². The van der Waals surface area contributed by atoms with E-state index in [2.05, 4.69) is 0 Å². The molecule has 2 aromatic carbocycles. The minimum absolute atomic E-state index is 0.0399. The van der Waals surface area contributed by atoms with E-state index in [1.54, 1.807) is 41.3 Å². The van der Waals surface area contributed by atoms with Crippen molar-refractivity contribution in [1.82, 2.24) is 4.90 Å². The van der Waals surface area contributed by atoms with E-state index in [4.69, 9.17) is 9.47 Å². The Kier molecular flexibility index (Phi) is 7.11. The molecule has 0 spiro atoms. The lowest BCUT2D eigenvalue weighted by atomic mass is 9.99. The highest BCUT2D eigenvalue weighted by atomic mass is 32.3. The third-order valence-corrected chi connectivity index (χ3v) is 10.3. The Morgan fingerprint density at radius 2 is 1.83 bits per heavy atom. The maximum atomic E-state index is 13.5. The first-order valence-electron chi connectivity index (χ1n) is 11.7. The highest BCUT2D eigenvalue weighted by molar-refractivity contribution is 8.25. The van der Waals surface area contributed by atoms with Crippen LogP contribution in [0.25, 0.3) is 0 Å². The Labute approximate surface area is 208 Å². The van der Waals surface area contributed by atoms with E-state index in [1.165, 1.54) is 12.1 Å². The highest BCUT2D eigenvalue weighted by Crippen LogP contribution is 2.63. The number of piperidine rings is 1. The molecule has 2 N–H and O–H groups in total. The van der Waals surface area contributed by atoms with Gasteiger partial charge in [0.05, 0.1) is 22.2 Å². The van der Waals surface area contributed by atoms with E-state index in [1.807, 2.05) is 20.8 Å². The van der Waals surface area contributed by atoms with Gasteiger partial charge in [-0.25, -0.2) is 13.2 Å².